The molecule has 0 aromatic carbocycles. The summed E-state index contributed by atoms with van der Waals surface area (Å²) in [6.07, 6.45) is 3.62. The van der Waals surface area contributed by atoms with Gasteiger partial charge in [-0.25, -0.2) is 0 Å². The van der Waals surface area contributed by atoms with Gasteiger partial charge in [0.15, 0.2) is 5.82 Å². The summed E-state index contributed by atoms with van der Waals surface area (Å²) in [7, 11) is 3.95. The summed E-state index contributed by atoms with van der Waals surface area (Å²) in [6, 6.07) is 1.97. The molecule has 6 heteroatoms. The number of nitrogens with two attached hydrogens (primary N) is 1. The van der Waals surface area contributed by atoms with E-state index in [1.165, 1.54) is 29.7 Å². The highest BCUT2D eigenvalue weighted by Crippen LogP contribution is 2.35. The van der Waals surface area contributed by atoms with Crippen LogP contribution in [0.1, 0.15) is 28.7 Å². The third-order valence-electron chi connectivity index (χ3n) is 3.29. The normalized spacial score (nSPS) is 16.0. The fourth-order valence-electron chi connectivity index (χ4n) is 2.40. The van der Waals surface area contributed by atoms with E-state index in [1.807, 2.05) is 19.0 Å². The predicted molar refractivity (Wildman–Crippen MR) is 75.1 cm³/mol. The molecule has 2 aromatic heterocycles. The smallest absolute Gasteiger partial charge is 0.268 e. The zero-order chi connectivity index (χ0) is 13.4. The van der Waals surface area contributed by atoms with E-state index in [1.54, 1.807) is 11.3 Å². The topological polar surface area (TPSA) is 68.2 Å². The van der Waals surface area contributed by atoms with Crippen molar-refractivity contribution >= 4 is 11.3 Å². The third kappa shape index (κ3) is 2.56. The predicted octanol–water partition coefficient (Wildman–Crippen LogP) is 1.85. The second-order valence-electron chi connectivity index (χ2n) is 5.24. The number of hydrogen-bond donors (Lipinski definition) is 1. The monoisotopic (exact) mass is 278 g/mol. The van der Waals surface area contributed by atoms with Crippen molar-refractivity contribution in [1.29, 1.82) is 0 Å². The van der Waals surface area contributed by atoms with Crippen molar-refractivity contribution in [2.75, 3.05) is 20.6 Å². The Labute approximate surface area is 116 Å². The van der Waals surface area contributed by atoms with Gasteiger partial charge < -0.3 is 15.2 Å². The standard InChI is InChI=1S/C13H18N4OS/c1-17(2)7-9(14)12-15-13(18-16-12)11-6-8-4-3-5-10(8)19-11/h6,9H,3-5,7,14H2,1-2H3. The minimum absolute atomic E-state index is 0.209. The molecule has 1 aliphatic rings. The van der Waals surface area contributed by atoms with Crippen molar-refractivity contribution in [2.45, 2.75) is 25.3 Å². The molecule has 0 bridgehead atoms. The zero-order valence-corrected chi connectivity index (χ0v) is 12.0. The minimum atomic E-state index is -0.209. The number of likely N-dealkylation sites (N-methyl/N-ethyl adjacent to an activating group) is 1. The second-order valence-corrected chi connectivity index (χ2v) is 6.38. The van der Waals surface area contributed by atoms with Gasteiger partial charge in [0, 0.05) is 11.4 Å². The molecule has 0 spiro atoms. The lowest BCUT2D eigenvalue weighted by molar-refractivity contribution is 0.357. The van der Waals surface area contributed by atoms with E-state index in [0.29, 0.717) is 18.3 Å². The Morgan fingerprint density at radius 1 is 1.47 bits per heavy atom. The van der Waals surface area contributed by atoms with Gasteiger partial charge in [-0.1, -0.05) is 5.16 Å². The van der Waals surface area contributed by atoms with E-state index in [9.17, 15) is 0 Å². The summed E-state index contributed by atoms with van der Waals surface area (Å²) in [5.41, 5.74) is 7.48. The quantitative estimate of drug-likeness (QED) is 0.924. The molecule has 0 radical (unpaired) electrons. The van der Waals surface area contributed by atoms with E-state index < -0.39 is 0 Å². The van der Waals surface area contributed by atoms with Crippen molar-refractivity contribution in [1.82, 2.24) is 15.0 Å². The van der Waals surface area contributed by atoms with Crippen molar-refractivity contribution in [3.8, 4) is 10.8 Å². The van der Waals surface area contributed by atoms with Gasteiger partial charge in [0.2, 0.25) is 0 Å². The number of thiophene rings is 1. The van der Waals surface area contributed by atoms with Crippen LogP contribution < -0.4 is 5.73 Å². The van der Waals surface area contributed by atoms with E-state index >= 15 is 0 Å². The van der Waals surface area contributed by atoms with Crippen LogP contribution in [0.3, 0.4) is 0 Å². The van der Waals surface area contributed by atoms with E-state index in [-0.39, 0.29) is 6.04 Å². The van der Waals surface area contributed by atoms with Crippen LogP contribution in [0.2, 0.25) is 0 Å². The Morgan fingerprint density at radius 2 is 2.32 bits per heavy atom. The molecule has 1 unspecified atom stereocenters. The highest BCUT2D eigenvalue weighted by molar-refractivity contribution is 7.15. The van der Waals surface area contributed by atoms with Gasteiger partial charge in [-0.15, -0.1) is 11.3 Å². The van der Waals surface area contributed by atoms with Crippen LogP contribution >= 0.6 is 11.3 Å². The van der Waals surface area contributed by atoms with Crippen LogP contribution in [0.4, 0.5) is 0 Å². The molecule has 0 amide bonds. The maximum atomic E-state index is 6.04. The third-order valence-corrected chi connectivity index (χ3v) is 4.52. The van der Waals surface area contributed by atoms with Gasteiger partial charge in [-0.2, -0.15) is 4.98 Å². The summed E-state index contributed by atoms with van der Waals surface area (Å²) in [5, 5.41) is 4.00. The number of aromatic nitrogens is 2. The lowest BCUT2D eigenvalue weighted by Gasteiger charge is -2.12. The van der Waals surface area contributed by atoms with E-state index in [0.717, 1.165) is 4.88 Å². The molecule has 0 saturated heterocycles. The summed E-state index contributed by atoms with van der Waals surface area (Å²) in [6.45, 7) is 0.708. The van der Waals surface area contributed by atoms with E-state index in [4.69, 9.17) is 10.3 Å². The fraction of sp³-hybridized carbons (Fsp3) is 0.538. The molecule has 0 aliphatic heterocycles. The number of aryl methyl sites for hydroxylation is 2. The molecule has 5 nitrogen and oxygen atoms in total. The lowest BCUT2D eigenvalue weighted by Crippen LogP contribution is -2.26. The number of hydrogen-bond acceptors (Lipinski definition) is 6. The van der Waals surface area contributed by atoms with Crippen molar-refractivity contribution < 1.29 is 4.52 Å². The first-order valence-corrected chi connectivity index (χ1v) is 7.31. The molecule has 19 heavy (non-hydrogen) atoms. The number of fused-ring (bicyclic) bond motifs is 1. The molecular formula is C13H18N4OS. The summed E-state index contributed by atoms with van der Waals surface area (Å²) in [5.74, 6) is 1.18. The van der Waals surface area contributed by atoms with Crippen LogP contribution in [-0.2, 0) is 12.8 Å². The number of rotatable bonds is 4. The highest BCUT2D eigenvalue weighted by atomic mass is 32.1. The summed E-state index contributed by atoms with van der Waals surface area (Å²) < 4.78 is 5.34. The van der Waals surface area contributed by atoms with E-state index in [2.05, 4.69) is 16.2 Å². The van der Waals surface area contributed by atoms with Gasteiger partial charge in [-0.3, -0.25) is 0 Å². The van der Waals surface area contributed by atoms with Gasteiger partial charge >= 0.3 is 0 Å². The molecule has 2 aromatic rings. The molecule has 0 fully saturated rings. The Bertz CT molecular complexity index is 553. The van der Waals surface area contributed by atoms with Gasteiger partial charge in [0.05, 0.1) is 10.9 Å². The fourth-order valence-corrected chi connectivity index (χ4v) is 3.57. The maximum Gasteiger partial charge on any atom is 0.268 e. The molecule has 3 rings (SSSR count). The van der Waals surface area contributed by atoms with Gasteiger partial charge in [0.25, 0.3) is 5.89 Å². The Morgan fingerprint density at radius 3 is 3.05 bits per heavy atom. The molecule has 1 atom stereocenters. The largest absolute Gasteiger partial charge is 0.333 e. The molecular weight excluding hydrogens is 260 g/mol. The van der Waals surface area contributed by atoms with Crippen LogP contribution in [-0.4, -0.2) is 35.7 Å². The SMILES string of the molecule is CN(C)CC(N)c1noc(-c2cc3c(s2)CCC3)n1. The van der Waals surface area contributed by atoms with Crippen molar-refractivity contribution in [3.63, 3.8) is 0 Å². The van der Waals surface area contributed by atoms with Crippen LogP contribution in [0, 0.1) is 0 Å². The molecule has 2 heterocycles. The van der Waals surface area contributed by atoms with Crippen molar-refractivity contribution in [3.05, 3.63) is 22.3 Å². The average Bonchev–Trinajstić information content (AvgIpc) is 3.02. The molecule has 2 N–H and O–H groups in total. The Hall–Kier alpha value is -1.24. The van der Waals surface area contributed by atoms with Crippen LogP contribution in [0.25, 0.3) is 10.8 Å². The molecule has 102 valence electrons. The summed E-state index contributed by atoms with van der Waals surface area (Å²) >= 11 is 1.77. The Kier molecular flexibility index (Phi) is 3.38. The Balaban J connectivity index is 1.80. The first-order valence-electron chi connectivity index (χ1n) is 6.49. The lowest BCUT2D eigenvalue weighted by atomic mass is 10.2. The van der Waals surface area contributed by atoms with Gasteiger partial charge in [0.1, 0.15) is 0 Å². The second kappa shape index (κ2) is 5.03. The van der Waals surface area contributed by atoms with Gasteiger partial charge in [-0.05, 0) is 45.0 Å². The van der Waals surface area contributed by atoms with Crippen LogP contribution in [0.15, 0.2) is 10.6 Å². The average molecular weight is 278 g/mol. The first kappa shape index (κ1) is 12.8. The molecule has 1 aliphatic carbocycles. The zero-order valence-electron chi connectivity index (χ0n) is 11.2. The first-order chi connectivity index (χ1) is 9.13. The highest BCUT2D eigenvalue weighted by Gasteiger charge is 2.20. The maximum absolute atomic E-state index is 6.04. The summed E-state index contributed by atoms with van der Waals surface area (Å²) in [4.78, 5) is 8.98. The number of nitrogens with zero attached hydrogens (tertiary/aromatic N) is 3. The van der Waals surface area contributed by atoms with Crippen LogP contribution in [0.5, 0.6) is 0 Å². The minimum Gasteiger partial charge on any atom is -0.333 e. The molecule has 0 saturated carbocycles. The van der Waals surface area contributed by atoms with Crippen molar-refractivity contribution in [2.24, 2.45) is 5.73 Å².